The zero-order valence-electron chi connectivity index (χ0n) is 9.16. The summed E-state index contributed by atoms with van der Waals surface area (Å²) in [7, 11) is 0. The topological polar surface area (TPSA) is 60.9 Å². The maximum Gasteiger partial charge on any atom is 0.252 e. The Bertz CT molecular complexity index is 347. The first-order valence-corrected chi connectivity index (χ1v) is 4.75. The van der Waals surface area contributed by atoms with Crippen molar-refractivity contribution in [3.8, 4) is 0 Å². The van der Waals surface area contributed by atoms with E-state index in [1.807, 2.05) is 32.4 Å². The summed E-state index contributed by atoms with van der Waals surface area (Å²) in [6.45, 7) is 8.13. The minimum absolute atomic E-state index is 0.112. The fourth-order valence-corrected chi connectivity index (χ4v) is 1.50. The number of hydrogen-bond donors (Lipinski definition) is 1. The number of nitrogens with zero attached hydrogens (tertiary/aromatic N) is 2. The smallest absolute Gasteiger partial charge is 0.252 e. The van der Waals surface area contributed by atoms with Crippen molar-refractivity contribution in [3.63, 3.8) is 0 Å². The van der Waals surface area contributed by atoms with Crippen LogP contribution in [0.25, 0.3) is 0 Å². The lowest BCUT2D eigenvalue weighted by molar-refractivity contribution is 0.0999. The highest BCUT2D eigenvalue weighted by atomic mass is 16.1. The van der Waals surface area contributed by atoms with Crippen LogP contribution in [0.4, 0.5) is 0 Å². The van der Waals surface area contributed by atoms with Crippen LogP contribution in [-0.4, -0.2) is 15.7 Å². The molecule has 0 aliphatic rings. The molecule has 4 nitrogen and oxygen atoms in total. The molecule has 0 radical (unpaired) electrons. The highest BCUT2D eigenvalue weighted by Gasteiger charge is 2.21. The monoisotopic (exact) mass is 195 g/mol. The predicted octanol–water partition coefficient (Wildman–Crippen LogP) is 1.30. The van der Waals surface area contributed by atoms with Crippen LogP contribution in [0.15, 0.2) is 6.20 Å². The molecular weight excluding hydrogens is 178 g/mol. The van der Waals surface area contributed by atoms with Crippen LogP contribution in [-0.2, 0) is 12.0 Å². The minimum atomic E-state index is -0.405. The van der Waals surface area contributed by atoms with Gasteiger partial charge in [-0.1, -0.05) is 6.92 Å². The number of amides is 1. The van der Waals surface area contributed by atoms with Crippen molar-refractivity contribution in [2.24, 2.45) is 5.73 Å². The summed E-state index contributed by atoms with van der Waals surface area (Å²) < 4.78 is 1.85. The second-order valence-corrected chi connectivity index (χ2v) is 4.31. The van der Waals surface area contributed by atoms with Gasteiger partial charge in [-0.2, -0.15) is 5.10 Å². The molecule has 0 aromatic carbocycles. The molecule has 0 saturated carbocycles. The molecule has 1 amide bonds. The third-order valence-corrected chi connectivity index (χ3v) is 2.10. The van der Waals surface area contributed by atoms with E-state index in [-0.39, 0.29) is 5.54 Å². The van der Waals surface area contributed by atoms with E-state index in [0.29, 0.717) is 5.56 Å². The Morgan fingerprint density at radius 2 is 2.14 bits per heavy atom. The van der Waals surface area contributed by atoms with Crippen LogP contribution in [0, 0.1) is 0 Å². The number of hydrogen-bond acceptors (Lipinski definition) is 2. The lowest BCUT2D eigenvalue weighted by Gasteiger charge is -2.22. The normalized spacial score (nSPS) is 11.7. The molecule has 0 aliphatic carbocycles. The second-order valence-electron chi connectivity index (χ2n) is 4.31. The SMILES string of the molecule is CCc1c(C(N)=O)cnn1C(C)(C)C. The van der Waals surface area contributed by atoms with Crippen LogP contribution >= 0.6 is 0 Å². The molecule has 0 atom stereocenters. The summed E-state index contributed by atoms with van der Waals surface area (Å²) in [6.07, 6.45) is 2.31. The van der Waals surface area contributed by atoms with Crippen LogP contribution in [0.2, 0.25) is 0 Å². The summed E-state index contributed by atoms with van der Waals surface area (Å²) in [6, 6.07) is 0. The Morgan fingerprint density at radius 1 is 1.57 bits per heavy atom. The van der Waals surface area contributed by atoms with Crippen molar-refractivity contribution in [2.45, 2.75) is 39.7 Å². The van der Waals surface area contributed by atoms with Gasteiger partial charge >= 0.3 is 0 Å². The van der Waals surface area contributed by atoms with Gasteiger partial charge < -0.3 is 5.73 Å². The number of primary amides is 1. The van der Waals surface area contributed by atoms with Crippen molar-refractivity contribution >= 4 is 5.91 Å². The molecule has 2 N–H and O–H groups in total. The number of nitrogens with two attached hydrogens (primary N) is 1. The van der Waals surface area contributed by atoms with Gasteiger partial charge in [-0.25, -0.2) is 0 Å². The first-order valence-electron chi connectivity index (χ1n) is 4.75. The summed E-state index contributed by atoms with van der Waals surface area (Å²) in [5.74, 6) is -0.405. The van der Waals surface area contributed by atoms with Gasteiger partial charge in [-0.3, -0.25) is 9.48 Å². The number of carbonyl (C=O) groups excluding carboxylic acids is 1. The zero-order valence-corrected chi connectivity index (χ0v) is 9.16. The molecule has 14 heavy (non-hydrogen) atoms. The first-order chi connectivity index (χ1) is 6.38. The van der Waals surface area contributed by atoms with E-state index in [2.05, 4.69) is 5.10 Å². The van der Waals surface area contributed by atoms with Crippen molar-refractivity contribution in [1.29, 1.82) is 0 Å². The van der Waals surface area contributed by atoms with Crippen LogP contribution < -0.4 is 5.73 Å². The maximum atomic E-state index is 11.1. The maximum absolute atomic E-state index is 11.1. The minimum Gasteiger partial charge on any atom is -0.365 e. The number of carbonyl (C=O) groups is 1. The van der Waals surface area contributed by atoms with Gasteiger partial charge in [0, 0.05) is 0 Å². The Labute approximate surface area is 84.1 Å². The van der Waals surface area contributed by atoms with Crippen molar-refractivity contribution in [1.82, 2.24) is 9.78 Å². The third kappa shape index (κ3) is 1.78. The van der Waals surface area contributed by atoms with E-state index in [9.17, 15) is 4.79 Å². The molecule has 4 heteroatoms. The van der Waals surface area contributed by atoms with E-state index in [1.165, 1.54) is 0 Å². The van der Waals surface area contributed by atoms with Gasteiger partial charge in [-0.15, -0.1) is 0 Å². The van der Waals surface area contributed by atoms with Crippen molar-refractivity contribution in [3.05, 3.63) is 17.5 Å². The van der Waals surface area contributed by atoms with E-state index in [0.717, 1.165) is 12.1 Å². The lowest BCUT2D eigenvalue weighted by atomic mass is 10.1. The molecule has 0 aliphatic heterocycles. The summed E-state index contributed by atoms with van der Waals surface area (Å²) in [5.41, 5.74) is 6.58. The molecule has 1 rings (SSSR count). The Hall–Kier alpha value is -1.32. The average Bonchev–Trinajstić information content (AvgIpc) is 2.45. The summed E-state index contributed by atoms with van der Waals surface area (Å²) in [4.78, 5) is 11.1. The highest BCUT2D eigenvalue weighted by molar-refractivity contribution is 5.93. The average molecular weight is 195 g/mol. The molecule has 0 unspecified atom stereocenters. The third-order valence-electron chi connectivity index (χ3n) is 2.10. The lowest BCUT2D eigenvalue weighted by Crippen LogP contribution is -2.26. The fraction of sp³-hybridized carbons (Fsp3) is 0.600. The summed E-state index contributed by atoms with van der Waals surface area (Å²) in [5, 5.41) is 4.20. The van der Waals surface area contributed by atoms with Gasteiger partial charge in [0.05, 0.1) is 23.0 Å². The fourth-order valence-electron chi connectivity index (χ4n) is 1.50. The largest absolute Gasteiger partial charge is 0.365 e. The molecule has 0 spiro atoms. The predicted molar refractivity (Wildman–Crippen MR) is 55.1 cm³/mol. The van der Waals surface area contributed by atoms with Crippen LogP contribution in [0.5, 0.6) is 0 Å². The molecule has 78 valence electrons. The second kappa shape index (κ2) is 3.44. The Balaban J connectivity index is 3.28. The van der Waals surface area contributed by atoms with Crippen molar-refractivity contribution in [2.75, 3.05) is 0 Å². The highest BCUT2D eigenvalue weighted by Crippen LogP contribution is 2.19. The molecule has 1 aromatic heterocycles. The van der Waals surface area contributed by atoms with Gasteiger partial charge in [0.1, 0.15) is 0 Å². The van der Waals surface area contributed by atoms with E-state index < -0.39 is 5.91 Å². The van der Waals surface area contributed by atoms with Gasteiger partial charge in [0.25, 0.3) is 5.91 Å². The van der Waals surface area contributed by atoms with E-state index in [4.69, 9.17) is 5.73 Å². The molecular formula is C10H17N3O. The quantitative estimate of drug-likeness (QED) is 0.773. The van der Waals surface area contributed by atoms with Gasteiger partial charge in [-0.05, 0) is 27.2 Å². The molecule has 0 fully saturated rings. The van der Waals surface area contributed by atoms with Crippen LogP contribution in [0.3, 0.4) is 0 Å². The van der Waals surface area contributed by atoms with Gasteiger partial charge in [0.2, 0.25) is 0 Å². The molecule has 1 aromatic rings. The zero-order chi connectivity index (χ0) is 10.9. The summed E-state index contributed by atoms with van der Waals surface area (Å²) >= 11 is 0. The number of rotatable bonds is 2. The first kappa shape index (κ1) is 10.8. The number of aromatic nitrogens is 2. The Kier molecular flexibility index (Phi) is 2.64. The van der Waals surface area contributed by atoms with E-state index in [1.54, 1.807) is 6.20 Å². The molecule has 0 bridgehead atoms. The van der Waals surface area contributed by atoms with Gasteiger partial charge in [0.15, 0.2) is 0 Å². The standard InChI is InChI=1S/C10H17N3O/c1-5-8-7(9(11)14)6-12-13(8)10(2,3)4/h6H,5H2,1-4H3,(H2,11,14). The molecule has 1 heterocycles. The van der Waals surface area contributed by atoms with Crippen LogP contribution in [0.1, 0.15) is 43.7 Å². The van der Waals surface area contributed by atoms with E-state index >= 15 is 0 Å². The molecule has 0 saturated heterocycles. The Morgan fingerprint density at radius 3 is 2.50 bits per heavy atom. The van der Waals surface area contributed by atoms with Crippen molar-refractivity contribution < 1.29 is 4.79 Å².